The van der Waals surface area contributed by atoms with Crippen LogP contribution < -0.4 is 0 Å². The molecular formula is C4H4N2O2S2. The average Bonchev–Trinajstić information content (AvgIpc) is 2.34. The molecule has 0 saturated heterocycles. The molecule has 0 aliphatic rings. The second-order valence-corrected chi connectivity index (χ2v) is 3.08. The second-order valence-electron chi connectivity index (χ2n) is 1.41. The van der Waals surface area contributed by atoms with Crippen molar-refractivity contribution in [2.45, 2.75) is 0 Å². The van der Waals surface area contributed by atoms with E-state index in [1.54, 1.807) is 0 Å². The van der Waals surface area contributed by atoms with Crippen LogP contribution in [0.25, 0.3) is 0 Å². The lowest BCUT2D eigenvalue weighted by Crippen LogP contribution is -1.99. The minimum Gasteiger partial charge on any atom is -0.464 e. The van der Waals surface area contributed by atoms with Gasteiger partial charge in [-0.05, 0) is 12.2 Å². The van der Waals surface area contributed by atoms with Crippen LogP contribution in [0.5, 0.6) is 0 Å². The Kier molecular flexibility index (Phi) is 2.13. The monoisotopic (exact) mass is 176 g/mol. The topological polar surface area (TPSA) is 55.0 Å². The SMILES string of the molecule is COC(=O)c1n[nH]c(=S)s1. The molecule has 54 valence electrons. The number of carbonyl (C=O) groups excluding carboxylic acids is 1. The normalized spacial score (nSPS) is 9.30. The van der Waals surface area contributed by atoms with Gasteiger partial charge >= 0.3 is 5.97 Å². The number of nitrogens with one attached hydrogen (secondary N) is 1. The van der Waals surface area contributed by atoms with Gasteiger partial charge in [-0.1, -0.05) is 11.3 Å². The molecule has 4 nitrogen and oxygen atoms in total. The number of aromatic nitrogens is 2. The highest BCUT2D eigenvalue weighted by atomic mass is 32.1. The Labute approximate surface area is 65.8 Å². The van der Waals surface area contributed by atoms with Crippen LogP contribution in [0.2, 0.25) is 0 Å². The molecule has 0 bridgehead atoms. The van der Waals surface area contributed by atoms with Crippen LogP contribution in [0.15, 0.2) is 0 Å². The maximum atomic E-state index is 10.7. The van der Waals surface area contributed by atoms with Gasteiger partial charge < -0.3 is 4.74 Å². The summed E-state index contributed by atoms with van der Waals surface area (Å²) in [6, 6.07) is 0. The van der Waals surface area contributed by atoms with Gasteiger partial charge in [0.05, 0.1) is 7.11 Å². The molecule has 0 saturated carbocycles. The van der Waals surface area contributed by atoms with E-state index in [4.69, 9.17) is 12.2 Å². The van der Waals surface area contributed by atoms with E-state index in [-0.39, 0.29) is 5.01 Å². The van der Waals surface area contributed by atoms with Crippen molar-refractivity contribution < 1.29 is 9.53 Å². The van der Waals surface area contributed by atoms with Gasteiger partial charge in [0.2, 0.25) is 5.01 Å². The van der Waals surface area contributed by atoms with E-state index in [0.29, 0.717) is 3.95 Å². The molecule has 1 aromatic heterocycles. The third-order valence-corrected chi connectivity index (χ3v) is 1.87. The highest BCUT2D eigenvalue weighted by molar-refractivity contribution is 7.73. The van der Waals surface area contributed by atoms with E-state index in [0.717, 1.165) is 11.3 Å². The first-order valence-corrected chi connectivity index (χ1v) is 3.60. The summed E-state index contributed by atoms with van der Waals surface area (Å²) in [5, 5.41) is 6.32. The van der Waals surface area contributed by atoms with Crippen LogP contribution in [0.3, 0.4) is 0 Å². The van der Waals surface area contributed by atoms with E-state index in [2.05, 4.69) is 14.9 Å². The second kappa shape index (κ2) is 2.89. The third-order valence-electron chi connectivity index (χ3n) is 0.798. The maximum absolute atomic E-state index is 10.7. The predicted molar refractivity (Wildman–Crippen MR) is 38.6 cm³/mol. The Morgan fingerprint density at radius 1 is 1.90 bits per heavy atom. The molecule has 0 aliphatic heterocycles. The Morgan fingerprint density at radius 3 is 3.00 bits per heavy atom. The third kappa shape index (κ3) is 1.39. The lowest BCUT2D eigenvalue weighted by atomic mass is 10.7. The van der Waals surface area contributed by atoms with Gasteiger partial charge in [-0.15, -0.1) is 0 Å². The summed E-state index contributed by atoms with van der Waals surface area (Å²) < 4.78 is 4.86. The fraction of sp³-hybridized carbons (Fsp3) is 0.250. The fourth-order valence-electron chi connectivity index (χ4n) is 0.404. The zero-order valence-electron chi connectivity index (χ0n) is 5.08. The number of carbonyl (C=O) groups is 1. The Hall–Kier alpha value is -0.750. The smallest absolute Gasteiger partial charge is 0.369 e. The van der Waals surface area contributed by atoms with Crippen molar-refractivity contribution in [1.82, 2.24) is 10.2 Å². The summed E-state index contributed by atoms with van der Waals surface area (Å²) >= 11 is 5.79. The minimum atomic E-state index is -0.461. The van der Waals surface area contributed by atoms with Gasteiger partial charge in [0.25, 0.3) is 0 Å². The quantitative estimate of drug-likeness (QED) is 0.512. The number of methoxy groups -OCH3 is 1. The van der Waals surface area contributed by atoms with Crippen molar-refractivity contribution in [1.29, 1.82) is 0 Å². The fourth-order valence-corrected chi connectivity index (χ4v) is 1.21. The van der Waals surface area contributed by atoms with E-state index in [1.165, 1.54) is 7.11 Å². The Morgan fingerprint density at radius 2 is 2.60 bits per heavy atom. The Bertz CT molecular complexity index is 289. The first-order valence-electron chi connectivity index (χ1n) is 2.38. The number of ether oxygens (including phenoxy) is 1. The molecule has 1 rings (SSSR count). The van der Waals surface area contributed by atoms with E-state index >= 15 is 0 Å². The number of esters is 1. The zero-order valence-corrected chi connectivity index (χ0v) is 6.71. The van der Waals surface area contributed by atoms with Crippen LogP contribution in [0, 0.1) is 3.95 Å². The molecular weight excluding hydrogens is 172 g/mol. The van der Waals surface area contributed by atoms with Crippen LogP contribution in [-0.2, 0) is 4.74 Å². The van der Waals surface area contributed by atoms with Gasteiger partial charge in [-0.25, -0.2) is 4.79 Å². The molecule has 0 unspecified atom stereocenters. The summed E-state index contributed by atoms with van der Waals surface area (Å²) in [6.45, 7) is 0. The summed E-state index contributed by atoms with van der Waals surface area (Å²) in [5.41, 5.74) is 0. The van der Waals surface area contributed by atoms with E-state index < -0.39 is 5.97 Å². The molecule has 0 aromatic carbocycles. The number of nitrogens with zero attached hydrogens (tertiary/aromatic N) is 1. The van der Waals surface area contributed by atoms with E-state index in [1.807, 2.05) is 0 Å². The molecule has 1 N–H and O–H groups in total. The van der Waals surface area contributed by atoms with Crippen molar-refractivity contribution in [2.24, 2.45) is 0 Å². The molecule has 10 heavy (non-hydrogen) atoms. The van der Waals surface area contributed by atoms with Crippen molar-refractivity contribution in [3.05, 3.63) is 8.96 Å². The number of aromatic amines is 1. The first-order chi connectivity index (χ1) is 4.74. The molecule has 0 amide bonds. The number of hydrogen-bond acceptors (Lipinski definition) is 5. The first kappa shape index (κ1) is 7.36. The van der Waals surface area contributed by atoms with Crippen LogP contribution in [-0.4, -0.2) is 23.3 Å². The maximum Gasteiger partial charge on any atom is 0.369 e. The van der Waals surface area contributed by atoms with E-state index in [9.17, 15) is 4.79 Å². The van der Waals surface area contributed by atoms with Crippen molar-refractivity contribution in [3.63, 3.8) is 0 Å². The van der Waals surface area contributed by atoms with Gasteiger partial charge in [-0.2, -0.15) is 5.10 Å². The van der Waals surface area contributed by atoms with Crippen LogP contribution >= 0.6 is 23.6 Å². The van der Waals surface area contributed by atoms with Crippen LogP contribution in [0.1, 0.15) is 9.80 Å². The lowest BCUT2D eigenvalue weighted by Gasteiger charge is -1.88. The average molecular weight is 176 g/mol. The van der Waals surface area contributed by atoms with Gasteiger partial charge in [-0.3, -0.25) is 5.10 Å². The predicted octanol–water partition coefficient (Wildman–Crippen LogP) is 0.987. The standard InChI is InChI=1S/C4H4N2O2S2/c1-8-3(7)2-5-6-4(9)10-2/h1H3,(H,6,9). The highest BCUT2D eigenvalue weighted by Crippen LogP contribution is 2.04. The van der Waals surface area contributed by atoms with Crippen molar-refractivity contribution >= 4 is 29.5 Å². The van der Waals surface area contributed by atoms with Crippen molar-refractivity contribution in [2.75, 3.05) is 7.11 Å². The van der Waals surface area contributed by atoms with Crippen LogP contribution in [0.4, 0.5) is 0 Å². The summed E-state index contributed by atoms with van der Waals surface area (Å²) in [5.74, 6) is -0.461. The Balaban J connectivity index is 2.95. The van der Waals surface area contributed by atoms with Gasteiger partial charge in [0.1, 0.15) is 0 Å². The minimum absolute atomic E-state index is 0.257. The number of hydrogen-bond donors (Lipinski definition) is 1. The molecule has 6 heteroatoms. The summed E-state index contributed by atoms with van der Waals surface area (Å²) in [7, 11) is 1.30. The number of rotatable bonds is 1. The molecule has 0 aliphatic carbocycles. The highest BCUT2D eigenvalue weighted by Gasteiger charge is 2.07. The molecule has 1 aromatic rings. The molecule has 0 radical (unpaired) electrons. The number of H-pyrrole nitrogens is 1. The largest absolute Gasteiger partial charge is 0.464 e. The summed E-state index contributed by atoms with van der Waals surface area (Å²) in [4.78, 5) is 10.7. The molecule has 1 heterocycles. The van der Waals surface area contributed by atoms with Gasteiger partial charge in [0.15, 0.2) is 3.95 Å². The molecule has 0 fully saturated rings. The van der Waals surface area contributed by atoms with Crippen molar-refractivity contribution in [3.8, 4) is 0 Å². The lowest BCUT2D eigenvalue weighted by molar-refractivity contribution is 0.0599. The molecule has 0 atom stereocenters. The summed E-state index contributed by atoms with van der Waals surface area (Å²) in [6.07, 6.45) is 0. The molecule has 0 spiro atoms. The van der Waals surface area contributed by atoms with Gasteiger partial charge in [0, 0.05) is 0 Å². The zero-order chi connectivity index (χ0) is 7.56.